The zero-order valence-electron chi connectivity index (χ0n) is 12.3. The number of hydrogen-bond acceptors (Lipinski definition) is 5. The van der Waals surface area contributed by atoms with E-state index in [1.54, 1.807) is 0 Å². The van der Waals surface area contributed by atoms with Gasteiger partial charge in [-0.15, -0.1) is 0 Å². The van der Waals surface area contributed by atoms with Crippen LogP contribution in [0.2, 0.25) is 0 Å². The second-order valence-corrected chi connectivity index (χ2v) is 5.96. The summed E-state index contributed by atoms with van der Waals surface area (Å²) in [5.41, 5.74) is 5.96. The Kier molecular flexibility index (Phi) is 3.92. The van der Waals surface area contributed by atoms with Gasteiger partial charge >= 0.3 is 0 Å². The summed E-state index contributed by atoms with van der Waals surface area (Å²) in [6.07, 6.45) is 4.01. The maximum Gasteiger partial charge on any atom is 0.246 e. The van der Waals surface area contributed by atoms with Gasteiger partial charge in [-0.2, -0.15) is 4.98 Å². The molecule has 112 valence electrons. The molecule has 0 aliphatic heterocycles. The fourth-order valence-electron chi connectivity index (χ4n) is 2.67. The predicted octanol–water partition coefficient (Wildman–Crippen LogP) is 3.01. The van der Waals surface area contributed by atoms with Crippen molar-refractivity contribution in [2.75, 3.05) is 0 Å². The third-order valence-electron chi connectivity index (χ3n) is 4.17. The first-order chi connectivity index (χ1) is 10.2. The van der Waals surface area contributed by atoms with E-state index in [2.05, 4.69) is 17.1 Å². The Bertz CT molecular complexity index is 574. The molecule has 0 spiro atoms. The summed E-state index contributed by atoms with van der Waals surface area (Å²) in [7, 11) is 0. The van der Waals surface area contributed by atoms with Gasteiger partial charge in [-0.3, -0.25) is 0 Å². The molecule has 3 rings (SSSR count). The minimum Gasteiger partial charge on any atom is -0.485 e. The van der Waals surface area contributed by atoms with Gasteiger partial charge in [0, 0.05) is 0 Å². The quantitative estimate of drug-likeness (QED) is 0.935. The van der Waals surface area contributed by atoms with Gasteiger partial charge in [0.25, 0.3) is 0 Å². The van der Waals surface area contributed by atoms with Crippen LogP contribution in [-0.4, -0.2) is 10.1 Å². The summed E-state index contributed by atoms with van der Waals surface area (Å²) < 4.78 is 11.0. The molecule has 2 N–H and O–H groups in total. The minimum atomic E-state index is -0.468. The molecule has 5 nitrogen and oxygen atoms in total. The van der Waals surface area contributed by atoms with E-state index in [0.717, 1.165) is 37.4 Å². The van der Waals surface area contributed by atoms with Crippen LogP contribution < -0.4 is 10.5 Å². The summed E-state index contributed by atoms with van der Waals surface area (Å²) in [4.78, 5) is 4.42. The van der Waals surface area contributed by atoms with Gasteiger partial charge in [-0.1, -0.05) is 30.3 Å². The van der Waals surface area contributed by atoms with E-state index in [-0.39, 0.29) is 0 Å². The average Bonchev–Trinajstić information content (AvgIpc) is 2.99. The number of benzene rings is 1. The standard InChI is InChI=1S/C16H21N3O2/c1-12-7-9-16(17,10-8-12)15-18-14(19-21-15)11-20-13-5-3-2-4-6-13/h2-6,12H,7-11,17H2,1H3. The summed E-state index contributed by atoms with van der Waals surface area (Å²) in [6.45, 7) is 2.55. The molecular weight excluding hydrogens is 266 g/mol. The van der Waals surface area contributed by atoms with Crippen molar-refractivity contribution in [2.24, 2.45) is 11.7 Å². The topological polar surface area (TPSA) is 74.2 Å². The number of rotatable bonds is 4. The van der Waals surface area contributed by atoms with Crippen LogP contribution in [0.5, 0.6) is 5.75 Å². The maximum absolute atomic E-state index is 6.43. The van der Waals surface area contributed by atoms with E-state index in [4.69, 9.17) is 15.0 Å². The molecule has 1 heterocycles. The fourth-order valence-corrected chi connectivity index (χ4v) is 2.67. The van der Waals surface area contributed by atoms with Crippen LogP contribution in [-0.2, 0) is 12.1 Å². The normalized spacial score (nSPS) is 25.7. The lowest BCUT2D eigenvalue weighted by Gasteiger charge is -2.32. The van der Waals surface area contributed by atoms with Gasteiger partial charge in [0.15, 0.2) is 6.61 Å². The molecule has 21 heavy (non-hydrogen) atoms. The molecule has 0 radical (unpaired) electrons. The predicted molar refractivity (Wildman–Crippen MR) is 78.6 cm³/mol. The van der Waals surface area contributed by atoms with Gasteiger partial charge in [0.2, 0.25) is 11.7 Å². The van der Waals surface area contributed by atoms with Gasteiger partial charge < -0.3 is 15.0 Å². The van der Waals surface area contributed by atoms with Crippen molar-refractivity contribution in [1.82, 2.24) is 10.1 Å². The second-order valence-electron chi connectivity index (χ2n) is 5.96. The van der Waals surface area contributed by atoms with Crippen molar-refractivity contribution in [3.8, 4) is 5.75 Å². The van der Waals surface area contributed by atoms with Crippen molar-refractivity contribution in [2.45, 2.75) is 44.8 Å². The zero-order chi connectivity index (χ0) is 14.7. The van der Waals surface area contributed by atoms with Gasteiger partial charge in [-0.25, -0.2) is 0 Å². The average molecular weight is 287 g/mol. The highest BCUT2D eigenvalue weighted by Gasteiger charge is 2.37. The van der Waals surface area contributed by atoms with Gasteiger partial charge in [0.05, 0.1) is 5.54 Å². The maximum atomic E-state index is 6.43. The van der Waals surface area contributed by atoms with E-state index in [1.807, 2.05) is 30.3 Å². The number of nitrogens with two attached hydrogens (primary N) is 1. The molecule has 0 atom stereocenters. The van der Waals surface area contributed by atoms with Crippen LogP contribution in [0.1, 0.15) is 44.3 Å². The Hall–Kier alpha value is -1.88. The highest BCUT2D eigenvalue weighted by atomic mass is 16.5. The fraction of sp³-hybridized carbons (Fsp3) is 0.500. The second kappa shape index (κ2) is 5.85. The van der Waals surface area contributed by atoms with E-state index in [1.165, 1.54) is 0 Å². The lowest BCUT2D eigenvalue weighted by atomic mass is 9.78. The molecule has 0 bridgehead atoms. The lowest BCUT2D eigenvalue weighted by Crippen LogP contribution is -2.40. The Morgan fingerprint density at radius 1 is 1.29 bits per heavy atom. The Balaban J connectivity index is 1.63. The van der Waals surface area contributed by atoms with Crippen molar-refractivity contribution in [3.05, 3.63) is 42.0 Å². The van der Waals surface area contributed by atoms with E-state index < -0.39 is 5.54 Å². The molecule has 5 heteroatoms. The molecule has 0 amide bonds. The molecule has 1 aliphatic rings. The molecule has 1 aromatic carbocycles. The van der Waals surface area contributed by atoms with Crippen molar-refractivity contribution in [3.63, 3.8) is 0 Å². The van der Waals surface area contributed by atoms with Crippen LogP contribution in [0.4, 0.5) is 0 Å². The van der Waals surface area contributed by atoms with E-state index in [0.29, 0.717) is 18.3 Å². The summed E-state index contributed by atoms with van der Waals surface area (Å²) in [6, 6.07) is 9.59. The van der Waals surface area contributed by atoms with Crippen molar-refractivity contribution in [1.29, 1.82) is 0 Å². The Morgan fingerprint density at radius 3 is 2.71 bits per heavy atom. The highest BCUT2D eigenvalue weighted by molar-refractivity contribution is 5.21. The molecule has 2 aromatic rings. The van der Waals surface area contributed by atoms with Crippen LogP contribution in [0.25, 0.3) is 0 Å². The van der Waals surface area contributed by atoms with Crippen LogP contribution in [0, 0.1) is 5.92 Å². The molecule has 1 saturated carbocycles. The molecular formula is C16H21N3O2. The highest BCUT2D eigenvalue weighted by Crippen LogP contribution is 2.36. The van der Waals surface area contributed by atoms with Crippen molar-refractivity contribution >= 4 is 0 Å². The molecule has 1 aliphatic carbocycles. The third-order valence-corrected chi connectivity index (χ3v) is 4.17. The monoisotopic (exact) mass is 287 g/mol. The summed E-state index contributed by atoms with van der Waals surface area (Å²) >= 11 is 0. The summed E-state index contributed by atoms with van der Waals surface area (Å²) in [5, 5.41) is 3.98. The van der Waals surface area contributed by atoms with Crippen LogP contribution in [0.15, 0.2) is 34.9 Å². The van der Waals surface area contributed by atoms with E-state index in [9.17, 15) is 0 Å². The Labute approximate surface area is 124 Å². The first kappa shape index (κ1) is 14.1. The third kappa shape index (κ3) is 3.24. The number of nitrogens with zero attached hydrogens (tertiary/aromatic N) is 2. The number of para-hydroxylation sites is 1. The molecule has 1 aromatic heterocycles. The van der Waals surface area contributed by atoms with E-state index >= 15 is 0 Å². The molecule has 0 unspecified atom stereocenters. The van der Waals surface area contributed by atoms with Crippen molar-refractivity contribution < 1.29 is 9.26 Å². The number of ether oxygens (including phenoxy) is 1. The lowest BCUT2D eigenvalue weighted by molar-refractivity contribution is 0.190. The summed E-state index contributed by atoms with van der Waals surface area (Å²) in [5.74, 6) is 2.60. The number of aromatic nitrogens is 2. The van der Waals surface area contributed by atoms with Crippen LogP contribution in [0.3, 0.4) is 0 Å². The molecule has 1 fully saturated rings. The molecule has 0 saturated heterocycles. The largest absolute Gasteiger partial charge is 0.485 e. The zero-order valence-corrected chi connectivity index (χ0v) is 12.3. The Morgan fingerprint density at radius 2 is 2.00 bits per heavy atom. The SMILES string of the molecule is CC1CCC(N)(c2nc(COc3ccccc3)no2)CC1. The van der Waals surface area contributed by atoms with Gasteiger partial charge in [0.1, 0.15) is 5.75 Å². The van der Waals surface area contributed by atoms with Crippen LogP contribution >= 0.6 is 0 Å². The van der Waals surface area contributed by atoms with Gasteiger partial charge in [-0.05, 0) is 43.7 Å². The smallest absolute Gasteiger partial charge is 0.246 e. The minimum absolute atomic E-state index is 0.292. The first-order valence-corrected chi connectivity index (χ1v) is 7.45. The first-order valence-electron chi connectivity index (χ1n) is 7.45. The number of hydrogen-bond donors (Lipinski definition) is 1.